The van der Waals surface area contributed by atoms with Gasteiger partial charge in [-0.3, -0.25) is 9.79 Å². The number of aliphatic imine (C=N–C) groups is 1. The fourth-order valence-corrected chi connectivity index (χ4v) is 3.58. The highest BCUT2D eigenvalue weighted by Gasteiger charge is 2.40. The molecule has 0 aromatic heterocycles. The number of likely N-dealkylation sites (tertiary alicyclic amines) is 1. The van der Waals surface area contributed by atoms with Crippen molar-refractivity contribution in [2.45, 2.75) is 45.7 Å². The molecule has 2 aliphatic heterocycles. The van der Waals surface area contributed by atoms with Gasteiger partial charge in [-0.15, -0.1) is 0 Å². The minimum atomic E-state index is -0.182. The molecule has 2 rings (SSSR count). The quantitative estimate of drug-likeness (QED) is 0.610. The van der Waals surface area contributed by atoms with Crippen LogP contribution in [0.15, 0.2) is 4.99 Å². The summed E-state index contributed by atoms with van der Waals surface area (Å²) in [6.45, 7) is 14.0. The van der Waals surface area contributed by atoms with Crippen LogP contribution in [0.5, 0.6) is 0 Å². The molecule has 0 unspecified atom stereocenters. The fraction of sp³-hybridized carbons (Fsp3) is 0.875. The molecule has 0 aliphatic carbocycles. The van der Waals surface area contributed by atoms with Gasteiger partial charge in [0.1, 0.15) is 0 Å². The summed E-state index contributed by atoms with van der Waals surface area (Å²) in [6.07, 6.45) is 1.31. The molecule has 1 amide bonds. The summed E-state index contributed by atoms with van der Waals surface area (Å²) in [6, 6.07) is 0.228. The van der Waals surface area contributed by atoms with Gasteiger partial charge in [0.15, 0.2) is 5.96 Å². The zero-order valence-corrected chi connectivity index (χ0v) is 14.7. The molecule has 2 aliphatic rings. The fourth-order valence-electron chi connectivity index (χ4n) is 3.58. The molecule has 126 valence electrons. The van der Waals surface area contributed by atoms with Crippen LogP contribution in [0.25, 0.3) is 0 Å². The van der Waals surface area contributed by atoms with E-state index in [2.05, 4.69) is 47.8 Å². The van der Waals surface area contributed by atoms with Crippen LogP contribution in [-0.2, 0) is 4.79 Å². The van der Waals surface area contributed by atoms with E-state index in [0.29, 0.717) is 6.54 Å². The number of piperazine rings is 1. The monoisotopic (exact) mass is 309 g/mol. The number of carbonyl (C=O) groups is 1. The number of hydrogen-bond donors (Lipinski definition) is 1. The molecule has 6 nitrogen and oxygen atoms in total. The first kappa shape index (κ1) is 17.1. The molecule has 22 heavy (non-hydrogen) atoms. The second-order valence-corrected chi connectivity index (χ2v) is 7.20. The molecule has 2 saturated heterocycles. The van der Waals surface area contributed by atoms with Crippen LogP contribution in [-0.4, -0.2) is 84.5 Å². The van der Waals surface area contributed by atoms with E-state index in [9.17, 15) is 4.79 Å². The first-order chi connectivity index (χ1) is 10.3. The van der Waals surface area contributed by atoms with Crippen LogP contribution in [0.2, 0.25) is 0 Å². The van der Waals surface area contributed by atoms with E-state index < -0.39 is 0 Å². The van der Waals surface area contributed by atoms with Crippen molar-refractivity contribution in [2.75, 3.05) is 46.3 Å². The zero-order valence-electron chi connectivity index (χ0n) is 14.7. The Kier molecular flexibility index (Phi) is 5.32. The summed E-state index contributed by atoms with van der Waals surface area (Å²) < 4.78 is 0. The third-order valence-corrected chi connectivity index (χ3v) is 4.51. The Morgan fingerprint density at radius 2 is 2.05 bits per heavy atom. The second-order valence-electron chi connectivity index (χ2n) is 7.20. The highest BCUT2D eigenvalue weighted by atomic mass is 16.2. The number of carbonyl (C=O) groups excluding carboxylic acids is 1. The van der Waals surface area contributed by atoms with Crippen molar-refractivity contribution in [3.63, 3.8) is 0 Å². The smallest absolute Gasteiger partial charge is 0.242 e. The maximum Gasteiger partial charge on any atom is 0.242 e. The topological polar surface area (TPSA) is 51.2 Å². The molecule has 1 N–H and O–H groups in total. The van der Waals surface area contributed by atoms with Gasteiger partial charge in [-0.25, -0.2) is 0 Å². The van der Waals surface area contributed by atoms with Gasteiger partial charge in [0.05, 0.1) is 12.1 Å². The van der Waals surface area contributed by atoms with Crippen LogP contribution in [0, 0.1) is 0 Å². The number of nitrogens with zero attached hydrogens (tertiary/aromatic N) is 4. The SMILES string of the molecule is CN=C(NCCN1CCC1)N1CC(=O)N(C(C)C)C(C)(C)C1. The van der Waals surface area contributed by atoms with E-state index >= 15 is 0 Å². The molecule has 0 aromatic carbocycles. The standard InChI is InChI=1S/C16H31N5O/c1-13(2)21-14(22)11-20(12-16(21,3)4)15(17-5)18-7-10-19-8-6-9-19/h13H,6-12H2,1-5H3,(H,17,18). The highest BCUT2D eigenvalue weighted by molar-refractivity contribution is 5.88. The molecular weight excluding hydrogens is 278 g/mol. The molecule has 0 radical (unpaired) electrons. The lowest BCUT2D eigenvalue weighted by Gasteiger charge is -2.49. The average molecular weight is 309 g/mol. The number of hydrogen-bond acceptors (Lipinski definition) is 3. The minimum absolute atomic E-state index is 0.178. The Morgan fingerprint density at radius 1 is 1.36 bits per heavy atom. The third kappa shape index (κ3) is 3.72. The lowest BCUT2D eigenvalue weighted by atomic mass is 9.96. The maximum atomic E-state index is 12.5. The molecule has 2 fully saturated rings. The van der Waals surface area contributed by atoms with Crippen LogP contribution in [0.4, 0.5) is 0 Å². The minimum Gasteiger partial charge on any atom is -0.355 e. The molecule has 0 bridgehead atoms. The third-order valence-electron chi connectivity index (χ3n) is 4.51. The van der Waals surface area contributed by atoms with Crippen molar-refractivity contribution in [2.24, 2.45) is 4.99 Å². The van der Waals surface area contributed by atoms with Gasteiger partial charge in [-0.1, -0.05) is 0 Å². The Balaban J connectivity index is 1.94. The molecule has 0 spiro atoms. The van der Waals surface area contributed by atoms with Crippen molar-refractivity contribution < 1.29 is 4.79 Å². The van der Waals surface area contributed by atoms with E-state index in [1.54, 1.807) is 7.05 Å². The van der Waals surface area contributed by atoms with E-state index in [1.165, 1.54) is 19.5 Å². The van der Waals surface area contributed by atoms with Gasteiger partial charge < -0.3 is 20.0 Å². The molecule has 6 heteroatoms. The molecule has 2 heterocycles. The van der Waals surface area contributed by atoms with Crippen LogP contribution < -0.4 is 5.32 Å². The summed E-state index contributed by atoms with van der Waals surface area (Å²) in [5.74, 6) is 1.02. The van der Waals surface area contributed by atoms with Gasteiger partial charge in [0.2, 0.25) is 5.91 Å². The van der Waals surface area contributed by atoms with E-state index in [1.807, 2.05) is 4.90 Å². The summed E-state index contributed by atoms with van der Waals surface area (Å²) >= 11 is 0. The number of nitrogens with one attached hydrogen (secondary N) is 1. The van der Waals surface area contributed by atoms with Crippen molar-refractivity contribution in [1.82, 2.24) is 20.0 Å². The van der Waals surface area contributed by atoms with Crippen LogP contribution in [0.1, 0.15) is 34.1 Å². The Morgan fingerprint density at radius 3 is 2.50 bits per heavy atom. The summed E-state index contributed by atoms with van der Waals surface area (Å²) in [4.78, 5) is 23.4. The van der Waals surface area contributed by atoms with E-state index in [-0.39, 0.29) is 17.5 Å². The highest BCUT2D eigenvalue weighted by Crippen LogP contribution is 2.24. The van der Waals surface area contributed by atoms with Gasteiger partial charge >= 0.3 is 0 Å². The number of amides is 1. The van der Waals surface area contributed by atoms with Crippen molar-refractivity contribution in [1.29, 1.82) is 0 Å². The maximum absolute atomic E-state index is 12.5. The zero-order chi connectivity index (χ0) is 16.3. The Bertz CT molecular complexity index is 428. The number of rotatable bonds is 4. The van der Waals surface area contributed by atoms with Crippen molar-refractivity contribution in [3.05, 3.63) is 0 Å². The normalized spacial score (nSPS) is 23.0. The van der Waals surface area contributed by atoms with Crippen molar-refractivity contribution in [3.8, 4) is 0 Å². The first-order valence-corrected chi connectivity index (χ1v) is 8.35. The molecule has 0 saturated carbocycles. The average Bonchev–Trinajstić information content (AvgIpc) is 2.34. The predicted octanol–water partition coefficient (Wildman–Crippen LogP) is 0.599. The summed E-state index contributed by atoms with van der Waals surface area (Å²) in [5, 5.41) is 3.40. The molecular formula is C16H31N5O. The van der Waals surface area contributed by atoms with E-state index in [4.69, 9.17) is 0 Å². The van der Waals surface area contributed by atoms with Crippen molar-refractivity contribution >= 4 is 11.9 Å². The summed E-state index contributed by atoms with van der Waals surface area (Å²) in [5.41, 5.74) is -0.182. The van der Waals surface area contributed by atoms with Gasteiger partial charge in [0.25, 0.3) is 0 Å². The van der Waals surface area contributed by atoms with Crippen LogP contribution in [0.3, 0.4) is 0 Å². The number of guanidine groups is 1. The Labute approximate surface area is 134 Å². The lowest BCUT2D eigenvalue weighted by molar-refractivity contribution is -0.145. The van der Waals surface area contributed by atoms with Gasteiger partial charge in [-0.05, 0) is 47.2 Å². The Hall–Kier alpha value is -1.30. The largest absolute Gasteiger partial charge is 0.355 e. The summed E-state index contributed by atoms with van der Waals surface area (Å²) in [7, 11) is 1.79. The van der Waals surface area contributed by atoms with Gasteiger partial charge in [-0.2, -0.15) is 0 Å². The predicted molar refractivity (Wildman–Crippen MR) is 90.1 cm³/mol. The van der Waals surface area contributed by atoms with E-state index in [0.717, 1.165) is 25.6 Å². The second kappa shape index (κ2) is 6.86. The molecule has 0 aromatic rings. The van der Waals surface area contributed by atoms with Gasteiger partial charge in [0, 0.05) is 32.7 Å². The molecule has 0 atom stereocenters. The first-order valence-electron chi connectivity index (χ1n) is 8.35. The van der Waals surface area contributed by atoms with Crippen LogP contribution >= 0.6 is 0 Å². The lowest BCUT2D eigenvalue weighted by Crippen LogP contribution is -2.66.